The molecule has 5 nitrogen and oxygen atoms in total. The lowest BCUT2D eigenvalue weighted by atomic mass is 10.00. The molecular formula is C16H24N2O3. The molecule has 1 aliphatic heterocycles. The Bertz CT molecular complexity index is 484. The van der Waals surface area contributed by atoms with Crippen molar-refractivity contribution in [3.8, 4) is 0 Å². The molecule has 3 atom stereocenters. The smallest absolute Gasteiger partial charge is 0.246 e. The third kappa shape index (κ3) is 3.46. The van der Waals surface area contributed by atoms with E-state index in [1.165, 1.54) is 0 Å². The summed E-state index contributed by atoms with van der Waals surface area (Å²) in [6, 6.07) is 3.03. The summed E-state index contributed by atoms with van der Waals surface area (Å²) in [5.41, 5.74) is 0. The minimum atomic E-state index is -0.405. The Kier molecular flexibility index (Phi) is 5.04. The van der Waals surface area contributed by atoms with Crippen molar-refractivity contribution in [3.05, 3.63) is 24.2 Å². The normalized spacial score (nSPS) is 24.0. The minimum absolute atomic E-state index is 0.0167. The van der Waals surface area contributed by atoms with Gasteiger partial charge in [-0.3, -0.25) is 9.59 Å². The number of piperazine rings is 1. The van der Waals surface area contributed by atoms with Gasteiger partial charge in [-0.2, -0.15) is 0 Å². The summed E-state index contributed by atoms with van der Waals surface area (Å²) in [5.74, 6) is 0.891. The minimum Gasteiger partial charge on any atom is -0.469 e. The Morgan fingerprint density at radius 1 is 1.43 bits per heavy atom. The maximum absolute atomic E-state index is 12.6. The molecule has 21 heavy (non-hydrogen) atoms. The molecule has 0 aromatic carbocycles. The van der Waals surface area contributed by atoms with Gasteiger partial charge in [-0.05, 0) is 38.8 Å². The van der Waals surface area contributed by atoms with E-state index in [0.29, 0.717) is 6.42 Å². The zero-order valence-electron chi connectivity index (χ0n) is 13.0. The summed E-state index contributed by atoms with van der Waals surface area (Å²) in [6.07, 6.45) is 4.78. The van der Waals surface area contributed by atoms with Crippen molar-refractivity contribution in [1.82, 2.24) is 10.2 Å². The first-order valence-corrected chi connectivity index (χ1v) is 7.69. The Morgan fingerprint density at radius 3 is 2.81 bits per heavy atom. The van der Waals surface area contributed by atoms with Crippen LogP contribution >= 0.6 is 0 Å². The van der Waals surface area contributed by atoms with Crippen molar-refractivity contribution in [1.29, 1.82) is 0 Å². The predicted molar refractivity (Wildman–Crippen MR) is 79.6 cm³/mol. The number of amides is 2. The molecule has 116 valence electrons. The number of nitrogens with one attached hydrogen (secondary N) is 1. The van der Waals surface area contributed by atoms with E-state index in [4.69, 9.17) is 4.42 Å². The van der Waals surface area contributed by atoms with Gasteiger partial charge >= 0.3 is 0 Å². The van der Waals surface area contributed by atoms with Crippen LogP contribution in [0.5, 0.6) is 0 Å². The van der Waals surface area contributed by atoms with E-state index in [-0.39, 0.29) is 23.9 Å². The molecule has 1 saturated heterocycles. The highest BCUT2D eigenvalue weighted by Crippen LogP contribution is 2.19. The number of aryl methyl sites for hydroxylation is 1. The molecule has 3 unspecified atom stereocenters. The number of nitrogens with zero attached hydrogens (tertiary/aromatic N) is 1. The molecule has 2 heterocycles. The van der Waals surface area contributed by atoms with Gasteiger partial charge in [0.15, 0.2) is 0 Å². The highest BCUT2D eigenvalue weighted by molar-refractivity contribution is 5.96. The molecule has 0 bridgehead atoms. The first-order chi connectivity index (χ1) is 10.0. The summed E-state index contributed by atoms with van der Waals surface area (Å²) < 4.78 is 5.32. The third-order valence-electron chi connectivity index (χ3n) is 4.11. The second-order valence-electron chi connectivity index (χ2n) is 5.74. The lowest BCUT2D eigenvalue weighted by Gasteiger charge is -2.41. The SMILES string of the molecule is CCCC1NC(=O)C(C)N(C(C)CCc2ccco2)C1=O. The van der Waals surface area contributed by atoms with Gasteiger partial charge in [-0.25, -0.2) is 0 Å². The first-order valence-electron chi connectivity index (χ1n) is 7.69. The molecule has 0 spiro atoms. The standard InChI is InChI=1S/C16H24N2O3/c1-4-6-14-16(20)18(12(3)15(19)17-14)11(2)8-9-13-7-5-10-21-13/h5,7,10-12,14H,4,6,8-9H2,1-3H3,(H,17,19). The van der Waals surface area contributed by atoms with E-state index < -0.39 is 6.04 Å². The second-order valence-corrected chi connectivity index (χ2v) is 5.74. The van der Waals surface area contributed by atoms with Crippen LogP contribution in [0.2, 0.25) is 0 Å². The van der Waals surface area contributed by atoms with Gasteiger partial charge in [0.1, 0.15) is 17.8 Å². The van der Waals surface area contributed by atoms with Crippen molar-refractivity contribution < 1.29 is 14.0 Å². The highest BCUT2D eigenvalue weighted by atomic mass is 16.3. The van der Waals surface area contributed by atoms with E-state index in [2.05, 4.69) is 5.32 Å². The summed E-state index contributed by atoms with van der Waals surface area (Å²) in [7, 11) is 0. The van der Waals surface area contributed by atoms with Crippen LogP contribution in [0.15, 0.2) is 22.8 Å². The van der Waals surface area contributed by atoms with E-state index in [1.54, 1.807) is 18.1 Å². The molecule has 1 aromatic rings. The number of hydrogen-bond donors (Lipinski definition) is 1. The molecule has 0 saturated carbocycles. The molecule has 1 N–H and O–H groups in total. The van der Waals surface area contributed by atoms with E-state index in [9.17, 15) is 9.59 Å². The lowest BCUT2D eigenvalue weighted by Crippen LogP contribution is -2.64. The Hall–Kier alpha value is -1.78. The fourth-order valence-electron chi connectivity index (χ4n) is 2.88. The van der Waals surface area contributed by atoms with Gasteiger partial charge in [0, 0.05) is 12.5 Å². The third-order valence-corrected chi connectivity index (χ3v) is 4.11. The molecule has 1 aromatic heterocycles. The van der Waals surface area contributed by atoms with Crippen LogP contribution in [0.1, 0.15) is 45.8 Å². The molecule has 5 heteroatoms. The van der Waals surface area contributed by atoms with Crippen LogP contribution in [-0.2, 0) is 16.0 Å². The monoisotopic (exact) mass is 292 g/mol. The number of carbonyl (C=O) groups is 2. The van der Waals surface area contributed by atoms with Gasteiger partial charge < -0.3 is 14.6 Å². The number of carbonyl (C=O) groups excluding carboxylic acids is 2. The molecule has 1 fully saturated rings. The Labute approximate surface area is 125 Å². The zero-order chi connectivity index (χ0) is 15.4. The first kappa shape index (κ1) is 15.6. The predicted octanol–water partition coefficient (Wildman–Crippen LogP) is 2.12. The van der Waals surface area contributed by atoms with E-state index in [0.717, 1.165) is 25.0 Å². The van der Waals surface area contributed by atoms with Crippen molar-refractivity contribution in [2.75, 3.05) is 0 Å². The van der Waals surface area contributed by atoms with Crippen molar-refractivity contribution in [3.63, 3.8) is 0 Å². The number of furan rings is 1. The van der Waals surface area contributed by atoms with Crippen LogP contribution in [0.3, 0.4) is 0 Å². The van der Waals surface area contributed by atoms with Crippen molar-refractivity contribution >= 4 is 11.8 Å². The number of hydrogen-bond acceptors (Lipinski definition) is 3. The van der Waals surface area contributed by atoms with Crippen LogP contribution in [-0.4, -0.2) is 34.8 Å². The van der Waals surface area contributed by atoms with Crippen LogP contribution < -0.4 is 5.32 Å². The summed E-state index contributed by atoms with van der Waals surface area (Å²) >= 11 is 0. The molecule has 2 amide bonds. The topological polar surface area (TPSA) is 62.6 Å². The largest absolute Gasteiger partial charge is 0.469 e. The molecule has 0 radical (unpaired) electrons. The summed E-state index contributed by atoms with van der Waals surface area (Å²) in [6.45, 7) is 5.81. The zero-order valence-corrected chi connectivity index (χ0v) is 13.0. The van der Waals surface area contributed by atoms with Crippen LogP contribution in [0.4, 0.5) is 0 Å². The fourth-order valence-corrected chi connectivity index (χ4v) is 2.88. The maximum Gasteiger partial charge on any atom is 0.246 e. The molecule has 2 rings (SSSR count). The Balaban J connectivity index is 2.03. The molecule has 0 aliphatic carbocycles. The summed E-state index contributed by atoms with van der Waals surface area (Å²) in [5, 5.41) is 2.82. The molecule has 1 aliphatic rings. The number of rotatable bonds is 6. The maximum atomic E-state index is 12.6. The summed E-state index contributed by atoms with van der Waals surface area (Å²) in [4.78, 5) is 26.3. The highest BCUT2D eigenvalue weighted by Gasteiger charge is 2.39. The Morgan fingerprint density at radius 2 is 2.19 bits per heavy atom. The quantitative estimate of drug-likeness (QED) is 0.873. The van der Waals surface area contributed by atoms with Gasteiger partial charge in [0.25, 0.3) is 0 Å². The van der Waals surface area contributed by atoms with E-state index >= 15 is 0 Å². The van der Waals surface area contributed by atoms with Crippen molar-refractivity contribution in [2.24, 2.45) is 0 Å². The average molecular weight is 292 g/mol. The second kappa shape index (κ2) is 6.78. The fraction of sp³-hybridized carbons (Fsp3) is 0.625. The lowest BCUT2D eigenvalue weighted by molar-refractivity contribution is -0.151. The molecular weight excluding hydrogens is 268 g/mol. The van der Waals surface area contributed by atoms with Crippen LogP contribution in [0, 0.1) is 0 Å². The van der Waals surface area contributed by atoms with Gasteiger partial charge in [0.2, 0.25) is 11.8 Å². The van der Waals surface area contributed by atoms with E-state index in [1.807, 2.05) is 26.0 Å². The van der Waals surface area contributed by atoms with Crippen molar-refractivity contribution in [2.45, 2.75) is 64.6 Å². The van der Waals surface area contributed by atoms with Gasteiger partial charge in [-0.15, -0.1) is 0 Å². The van der Waals surface area contributed by atoms with Gasteiger partial charge in [0.05, 0.1) is 6.26 Å². The average Bonchev–Trinajstić information content (AvgIpc) is 2.96. The van der Waals surface area contributed by atoms with Gasteiger partial charge in [-0.1, -0.05) is 13.3 Å². The van der Waals surface area contributed by atoms with Crippen LogP contribution in [0.25, 0.3) is 0 Å².